The number of hydrogen-bond donors (Lipinski definition) is 1. The molecule has 0 radical (unpaired) electrons. The summed E-state index contributed by atoms with van der Waals surface area (Å²) in [5.41, 5.74) is 10.8. The van der Waals surface area contributed by atoms with E-state index in [1.165, 1.54) is 16.9 Å². The maximum absolute atomic E-state index is 12.2. The number of benzene rings is 1. The van der Waals surface area contributed by atoms with Gasteiger partial charge in [-0.2, -0.15) is 0 Å². The molecule has 182 valence electrons. The van der Waals surface area contributed by atoms with Crippen molar-refractivity contribution < 1.29 is 9.53 Å². The number of carbonyl (C=O) groups is 1. The summed E-state index contributed by atoms with van der Waals surface area (Å²) in [5, 5.41) is 0.830. The second kappa shape index (κ2) is 10.2. The van der Waals surface area contributed by atoms with Crippen LogP contribution in [0.1, 0.15) is 33.4 Å². The molecule has 4 heterocycles. The summed E-state index contributed by atoms with van der Waals surface area (Å²) in [6.07, 6.45) is 4.50. The van der Waals surface area contributed by atoms with E-state index in [1.807, 2.05) is 35.0 Å². The number of amides is 1. The lowest BCUT2D eigenvalue weighted by Crippen LogP contribution is -2.44. The van der Waals surface area contributed by atoms with Crippen LogP contribution in [0.25, 0.3) is 16.0 Å². The van der Waals surface area contributed by atoms with Gasteiger partial charge in [0.1, 0.15) is 34.1 Å². The van der Waals surface area contributed by atoms with Crippen molar-refractivity contribution in [2.24, 2.45) is 5.73 Å². The first-order chi connectivity index (χ1) is 17.0. The lowest BCUT2D eigenvalue weighted by atomic mass is 10.1. The summed E-state index contributed by atoms with van der Waals surface area (Å²) in [7, 11) is 2.15. The van der Waals surface area contributed by atoms with Gasteiger partial charge in [-0.25, -0.2) is 4.98 Å². The van der Waals surface area contributed by atoms with Crippen molar-refractivity contribution in [1.82, 2.24) is 24.3 Å². The number of fused-ring (bicyclic) bond motifs is 1. The van der Waals surface area contributed by atoms with Crippen LogP contribution in [0.5, 0.6) is 5.75 Å². The molecule has 1 fully saturated rings. The number of pyridine rings is 1. The fourth-order valence-electron chi connectivity index (χ4n) is 4.41. The minimum absolute atomic E-state index is 0.379. The molecule has 35 heavy (non-hydrogen) atoms. The third-order valence-electron chi connectivity index (χ3n) is 6.50. The first-order valence-corrected chi connectivity index (χ1v) is 12.7. The van der Waals surface area contributed by atoms with Crippen LogP contribution in [0.2, 0.25) is 0 Å². The molecule has 0 unspecified atom stereocenters. The Morgan fingerprint density at radius 2 is 1.89 bits per heavy atom. The van der Waals surface area contributed by atoms with Crippen LogP contribution >= 0.6 is 11.3 Å². The van der Waals surface area contributed by atoms with E-state index in [0.717, 1.165) is 66.4 Å². The zero-order chi connectivity index (χ0) is 24.4. The van der Waals surface area contributed by atoms with E-state index >= 15 is 0 Å². The summed E-state index contributed by atoms with van der Waals surface area (Å²) in [6.45, 7) is 7.50. The Balaban J connectivity index is 1.41. The second-order valence-corrected chi connectivity index (χ2v) is 9.94. The van der Waals surface area contributed by atoms with E-state index in [0.29, 0.717) is 17.2 Å². The van der Waals surface area contributed by atoms with Gasteiger partial charge in [0.2, 0.25) is 0 Å². The highest BCUT2D eigenvalue weighted by molar-refractivity contribution is 7.16. The molecule has 1 aliphatic heterocycles. The molecule has 1 aliphatic rings. The number of thiophene rings is 1. The van der Waals surface area contributed by atoms with E-state index in [1.54, 1.807) is 6.33 Å². The van der Waals surface area contributed by atoms with Crippen LogP contribution in [0, 0.1) is 0 Å². The smallest absolute Gasteiger partial charge is 0.262 e. The minimum atomic E-state index is -0.498. The molecule has 0 spiro atoms. The zero-order valence-electron chi connectivity index (χ0n) is 20.1. The quantitative estimate of drug-likeness (QED) is 0.407. The number of primary amides is 1. The summed E-state index contributed by atoms with van der Waals surface area (Å²) in [4.78, 5) is 26.5. The van der Waals surface area contributed by atoms with Crippen LogP contribution in [0.15, 0.2) is 48.9 Å². The average molecular weight is 491 g/mol. The molecule has 1 saturated heterocycles. The molecular weight excluding hydrogens is 460 g/mol. The summed E-state index contributed by atoms with van der Waals surface area (Å²) < 4.78 is 8.08. The molecule has 0 saturated carbocycles. The Morgan fingerprint density at radius 1 is 1.11 bits per heavy atom. The molecule has 2 N–H and O–H groups in total. The SMILES string of the molecule is CCc1ccccc1COc1cc(-n2cnc3cnc(CN4CCN(C)CC4)cc32)sc1C(N)=O. The summed E-state index contributed by atoms with van der Waals surface area (Å²) in [6, 6.07) is 12.1. The van der Waals surface area contributed by atoms with Gasteiger partial charge >= 0.3 is 0 Å². The second-order valence-electron chi connectivity index (χ2n) is 8.91. The van der Waals surface area contributed by atoms with Crippen LogP contribution in [0.3, 0.4) is 0 Å². The van der Waals surface area contributed by atoms with Gasteiger partial charge in [-0.15, -0.1) is 11.3 Å². The topological polar surface area (TPSA) is 89.5 Å². The number of nitrogens with zero attached hydrogens (tertiary/aromatic N) is 5. The average Bonchev–Trinajstić information content (AvgIpc) is 3.48. The molecular formula is C26H30N6O2S. The number of hydrogen-bond acceptors (Lipinski definition) is 7. The number of rotatable bonds is 8. The number of imidazole rings is 1. The molecule has 3 aromatic heterocycles. The predicted molar refractivity (Wildman–Crippen MR) is 138 cm³/mol. The molecule has 1 amide bonds. The van der Waals surface area contributed by atoms with Crippen molar-refractivity contribution in [3.05, 3.63) is 70.6 Å². The number of carbonyl (C=O) groups excluding carboxylic acids is 1. The Hall–Kier alpha value is -3.27. The lowest BCUT2D eigenvalue weighted by molar-refractivity contribution is 0.1000. The van der Waals surface area contributed by atoms with E-state index in [9.17, 15) is 4.79 Å². The fourth-order valence-corrected chi connectivity index (χ4v) is 5.35. The van der Waals surface area contributed by atoms with Crippen molar-refractivity contribution in [1.29, 1.82) is 0 Å². The highest BCUT2D eigenvalue weighted by Crippen LogP contribution is 2.34. The first kappa shape index (κ1) is 23.5. The number of aryl methyl sites for hydroxylation is 1. The maximum Gasteiger partial charge on any atom is 0.262 e. The zero-order valence-corrected chi connectivity index (χ0v) is 20.9. The standard InChI is InChI=1S/C26H30N6O2S/c1-3-18-6-4-5-7-19(18)16-34-23-13-24(35-25(23)26(27)33)32-17-29-21-14-28-20(12-22(21)32)15-31-10-8-30(2)9-11-31/h4-7,12-14,17H,3,8-11,15-16H2,1-2H3,(H2,27,33). The maximum atomic E-state index is 12.2. The molecule has 5 rings (SSSR count). The van der Waals surface area contributed by atoms with E-state index in [-0.39, 0.29) is 0 Å². The number of piperazine rings is 1. The molecule has 8 nitrogen and oxygen atoms in total. The van der Waals surface area contributed by atoms with Crippen LogP contribution in [-0.2, 0) is 19.6 Å². The van der Waals surface area contributed by atoms with Crippen LogP contribution in [-0.4, -0.2) is 63.5 Å². The monoisotopic (exact) mass is 490 g/mol. The normalized spacial score (nSPS) is 15.0. The van der Waals surface area contributed by atoms with E-state index < -0.39 is 5.91 Å². The molecule has 0 atom stereocenters. The Labute approximate surface area is 209 Å². The van der Waals surface area contributed by atoms with E-state index in [4.69, 9.17) is 10.5 Å². The third kappa shape index (κ3) is 5.07. The third-order valence-corrected chi connectivity index (χ3v) is 7.63. The number of ether oxygens (including phenoxy) is 1. The Kier molecular flexibility index (Phi) is 6.81. The molecule has 0 aliphatic carbocycles. The van der Waals surface area contributed by atoms with Gasteiger partial charge in [0, 0.05) is 38.8 Å². The minimum Gasteiger partial charge on any atom is -0.487 e. The van der Waals surface area contributed by atoms with E-state index in [2.05, 4.69) is 45.9 Å². The Bertz CT molecular complexity index is 1340. The predicted octanol–water partition coefficient (Wildman–Crippen LogP) is 3.47. The number of aromatic nitrogens is 3. The highest BCUT2D eigenvalue weighted by atomic mass is 32.1. The van der Waals surface area contributed by atoms with Crippen LogP contribution < -0.4 is 10.5 Å². The first-order valence-electron chi connectivity index (χ1n) is 11.9. The van der Waals surface area contributed by atoms with Crippen molar-refractivity contribution >= 4 is 28.3 Å². The van der Waals surface area contributed by atoms with Gasteiger partial charge in [0.05, 0.1) is 17.4 Å². The number of nitrogens with two attached hydrogens (primary N) is 1. The largest absolute Gasteiger partial charge is 0.487 e. The highest BCUT2D eigenvalue weighted by Gasteiger charge is 2.19. The van der Waals surface area contributed by atoms with Crippen molar-refractivity contribution in [2.75, 3.05) is 33.2 Å². The van der Waals surface area contributed by atoms with Gasteiger partial charge < -0.3 is 15.4 Å². The molecule has 9 heteroatoms. The van der Waals surface area contributed by atoms with Gasteiger partial charge in [0.25, 0.3) is 5.91 Å². The fraction of sp³-hybridized carbons (Fsp3) is 0.346. The van der Waals surface area contributed by atoms with Gasteiger partial charge in [0.15, 0.2) is 0 Å². The lowest BCUT2D eigenvalue weighted by Gasteiger charge is -2.32. The summed E-state index contributed by atoms with van der Waals surface area (Å²) >= 11 is 1.31. The number of likely N-dealkylation sites (N-methyl/N-ethyl adjacent to an activating group) is 1. The van der Waals surface area contributed by atoms with Gasteiger partial charge in [-0.3, -0.25) is 19.2 Å². The molecule has 4 aromatic rings. The van der Waals surface area contributed by atoms with Crippen molar-refractivity contribution in [3.63, 3.8) is 0 Å². The van der Waals surface area contributed by atoms with Gasteiger partial charge in [-0.05, 0) is 30.7 Å². The molecule has 1 aromatic carbocycles. The summed E-state index contributed by atoms with van der Waals surface area (Å²) in [5.74, 6) is -0.00107. The molecule has 0 bridgehead atoms. The Morgan fingerprint density at radius 3 is 2.63 bits per heavy atom. The van der Waals surface area contributed by atoms with Crippen molar-refractivity contribution in [3.8, 4) is 10.8 Å². The van der Waals surface area contributed by atoms with Crippen molar-refractivity contribution in [2.45, 2.75) is 26.5 Å². The van der Waals surface area contributed by atoms with Gasteiger partial charge in [-0.1, -0.05) is 31.2 Å². The van der Waals surface area contributed by atoms with Crippen LogP contribution in [0.4, 0.5) is 0 Å².